The van der Waals surface area contributed by atoms with Crippen molar-refractivity contribution < 1.29 is 9.90 Å². The normalized spacial score (nSPS) is 12.2. The van der Waals surface area contributed by atoms with Crippen LogP contribution in [-0.4, -0.2) is 16.1 Å². The third kappa shape index (κ3) is 1.80. The predicted octanol–water partition coefficient (Wildman–Crippen LogP) is 2.59. The highest BCUT2D eigenvalue weighted by molar-refractivity contribution is 5.83. The average Bonchev–Trinajstić information content (AvgIpc) is 2.29. The average molecular weight is 213 g/mol. The van der Waals surface area contributed by atoms with Gasteiger partial charge in [0.15, 0.2) is 0 Å². The van der Waals surface area contributed by atoms with E-state index >= 15 is 0 Å². The largest absolute Gasteiger partial charge is 0.481 e. The first-order chi connectivity index (χ1) is 7.72. The van der Waals surface area contributed by atoms with Crippen molar-refractivity contribution >= 4 is 16.9 Å². The topological polar surface area (TPSA) is 50.2 Å². The molecular formula is C13H11NO2. The van der Waals surface area contributed by atoms with Crippen molar-refractivity contribution in [3.05, 3.63) is 54.7 Å². The second-order valence-electron chi connectivity index (χ2n) is 3.51. The number of aliphatic carboxylic acids is 1. The van der Waals surface area contributed by atoms with E-state index in [0.717, 1.165) is 10.9 Å². The van der Waals surface area contributed by atoms with Crippen LogP contribution in [0.5, 0.6) is 0 Å². The van der Waals surface area contributed by atoms with Crippen LogP contribution in [0.4, 0.5) is 0 Å². The summed E-state index contributed by atoms with van der Waals surface area (Å²) in [5, 5.41) is 9.94. The maximum Gasteiger partial charge on any atom is 0.314 e. The van der Waals surface area contributed by atoms with Gasteiger partial charge < -0.3 is 5.11 Å². The molecule has 0 radical (unpaired) electrons. The van der Waals surface area contributed by atoms with Gasteiger partial charge in [-0.3, -0.25) is 9.78 Å². The summed E-state index contributed by atoms with van der Waals surface area (Å²) in [6.45, 7) is 3.53. The molecule has 1 unspecified atom stereocenters. The molecule has 2 aromatic rings. The molecule has 0 aliphatic rings. The van der Waals surface area contributed by atoms with Gasteiger partial charge >= 0.3 is 5.97 Å². The minimum absolute atomic E-state index is 0.654. The molecular weight excluding hydrogens is 202 g/mol. The highest BCUT2D eigenvalue weighted by Gasteiger charge is 2.16. The number of nitrogens with zero attached hydrogens (tertiary/aromatic N) is 1. The zero-order chi connectivity index (χ0) is 11.5. The fourth-order valence-electron chi connectivity index (χ4n) is 1.64. The van der Waals surface area contributed by atoms with E-state index in [1.54, 1.807) is 6.20 Å². The third-order valence-electron chi connectivity index (χ3n) is 2.47. The fourth-order valence-corrected chi connectivity index (χ4v) is 1.64. The van der Waals surface area contributed by atoms with E-state index in [9.17, 15) is 4.79 Å². The number of carbonyl (C=O) groups is 1. The molecule has 1 N–H and O–H groups in total. The number of hydrogen-bond acceptors (Lipinski definition) is 2. The lowest BCUT2D eigenvalue weighted by atomic mass is 10.00. The van der Waals surface area contributed by atoms with Crippen molar-refractivity contribution in [3.8, 4) is 0 Å². The van der Waals surface area contributed by atoms with E-state index in [1.807, 2.05) is 30.3 Å². The summed E-state index contributed by atoms with van der Waals surface area (Å²) in [5.74, 6) is -1.61. The number of carboxylic acids is 1. The van der Waals surface area contributed by atoms with Gasteiger partial charge in [-0.15, -0.1) is 6.58 Å². The van der Waals surface area contributed by atoms with Crippen LogP contribution in [0.25, 0.3) is 10.9 Å². The monoisotopic (exact) mass is 213 g/mol. The number of fused-ring (bicyclic) bond motifs is 1. The smallest absolute Gasteiger partial charge is 0.314 e. The summed E-state index contributed by atoms with van der Waals surface area (Å²) in [6.07, 6.45) is 3.00. The summed E-state index contributed by atoms with van der Waals surface area (Å²) in [5.41, 5.74) is 1.51. The van der Waals surface area contributed by atoms with Crippen LogP contribution >= 0.6 is 0 Å². The van der Waals surface area contributed by atoms with Gasteiger partial charge in [-0.05, 0) is 17.7 Å². The highest BCUT2D eigenvalue weighted by Crippen LogP contribution is 2.20. The standard InChI is InChI=1S/C13H11NO2/c1-2-11(13(15)16)10-7-9-5-3-4-6-12(9)14-8-10/h2-8,11H,1H2,(H,15,16). The van der Waals surface area contributed by atoms with Crippen LogP contribution in [0.1, 0.15) is 11.5 Å². The molecule has 0 amide bonds. The van der Waals surface area contributed by atoms with E-state index in [2.05, 4.69) is 11.6 Å². The molecule has 1 aromatic heterocycles. The van der Waals surface area contributed by atoms with E-state index in [4.69, 9.17) is 5.11 Å². The summed E-state index contributed by atoms with van der Waals surface area (Å²) >= 11 is 0. The molecule has 0 fully saturated rings. The van der Waals surface area contributed by atoms with Gasteiger partial charge in [0, 0.05) is 11.6 Å². The summed E-state index contributed by atoms with van der Waals surface area (Å²) < 4.78 is 0. The molecule has 0 aliphatic heterocycles. The number of rotatable bonds is 3. The molecule has 1 heterocycles. The van der Waals surface area contributed by atoms with E-state index < -0.39 is 11.9 Å². The lowest BCUT2D eigenvalue weighted by Gasteiger charge is -2.07. The molecule has 0 bridgehead atoms. The summed E-state index contributed by atoms with van der Waals surface area (Å²) in [7, 11) is 0. The Kier molecular flexibility index (Phi) is 2.68. The van der Waals surface area contributed by atoms with Crippen LogP contribution in [0, 0.1) is 0 Å². The van der Waals surface area contributed by atoms with Crippen molar-refractivity contribution in [1.82, 2.24) is 4.98 Å². The molecule has 16 heavy (non-hydrogen) atoms. The highest BCUT2D eigenvalue weighted by atomic mass is 16.4. The summed E-state index contributed by atoms with van der Waals surface area (Å²) in [6, 6.07) is 9.44. The first kappa shape index (κ1) is 10.4. The molecule has 3 heteroatoms. The molecule has 0 spiro atoms. The van der Waals surface area contributed by atoms with Crippen molar-refractivity contribution in [2.45, 2.75) is 5.92 Å². The van der Waals surface area contributed by atoms with Crippen LogP contribution < -0.4 is 0 Å². The van der Waals surface area contributed by atoms with Gasteiger partial charge in [-0.2, -0.15) is 0 Å². The Morgan fingerprint density at radius 3 is 2.88 bits per heavy atom. The number of aromatic nitrogens is 1. The first-order valence-electron chi connectivity index (χ1n) is 4.92. The number of pyridine rings is 1. The Labute approximate surface area is 93.1 Å². The minimum Gasteiger partial charge on any atom is -0.481 e. The molecule has 1 aromatic carbocycles. The molecule has 3 nitrogen and oxygen atoms in total. The maximum absolute atomic E-state index is 11.0. The lowest BCUT2D eigenvalue weighted by Crippen LogP contribution is -2.08. The maximum atomic E-state index is 11.0. The quantitative estimate of drug-likeness (QED) is 0.797. The summed E-state index contributed by atoms with van der Waals surface area (Å²) in [4.78, 5) is 15.2. The molecule has 1 atom stereocenters. The SMILES string of the molecule is C=CC(C(=O)O)c1cnc2ccccc2c1. The fraction of sp³-hybridized carbons (Fsp3) is 0.0769. The Bertz CT molecular complexity index is 548. The Hall–Kier alpha value is -2.16. The van der Waals surface area contributed by atoms with Gasteiger partial charge in [0.25, 0.3) is 0 Å². The van der Waals surface area contributed by atoms with Crippen LogP contribution in [0.3, 0.4) is 0 Å². The second-order valence-corrected chi connectivity index (χ2v) is 3.51. The van der Waals surface area contributed by atoms with Gasteiger partial charge in [0.2, 0.25) is 0 Å². The van der Waals surface area contributed by atoms with Crippen LogP contribution in [0.15, 0.2) is 49.2 Å². The number of benzene rings is 1. The van der Waals surface area contributed by atoms with Crippen molar-refractivity contribution in [1.29, 1.82) is 0 Å². The minimum atomic E-state index is -0.910. The number of carboxylic acid groups (broad SMARTS) is 1. The molecule has 0 aliphatic carbocycles. The molecule has 0 saturated heterocycles. The van der Waals surface area contributed by atoms with Crippen molar-refractivity contribution in [2.24, 2.45) is 0 Å². The van der Waals surface area contributed by atoms with Crippen LogP contribution in [0.2, 0.25) is 0 Å². The number of hydrogen-bond donors (Lipinski definition) is 1. The first-order valence-corrected chi connectivity index (χ1v) is 4.92. The van der Waals surface area contributed by atoms with Gasteiger partial charge in [0.1, 0.15) is 5.92 Å². The zero-order valence-corrected chi connectivity index (χ0v) is 8.63. The van der Waals surface area contributed by atoms with Gasteiger partial charge in [-0.25, -0.2) is 0 Å². The van der Waals surface area contributed by atoms with Gasteiger partial charge in [-0.1, -0.05) is 24.3 Å². The molecule has 80 valence electrons. The Morgan fingerprint density at radius 1 is 1.44 bits per heavy atom. The predicted molar refractivity (Wildman–Crippen MR) is 62.3 cm³/mol. The van der Waals surface area contributed by atoms with E-state index in [1.165, 1.54) is 6.08 Å². The Balaban J connectivity index is 2.53. The lowest BCUT2D eigenvalue weighted by molar-refractivity contribution is -0.137. The zero-order valence-electron chi connectivity index (χ0n) is 8.63. The van der Waals surface area contributed by atoms with E-state index in [0.29, 0.717) is 5.56 Å². The second kappa shape index (κ2) is 4.14. The Morgan fingerprint density at radius 2 is 2.19 bits per heavy atom. The molecule has 2 rings (SSSR count). The van der Waals surface area contributed by atoms with Crippen LogP contribution in [-0.2, 0) is 4.79 Å². The van der Waals surface area contributed by atoms with Crippen molar-refractivity contribution in [2.75, 3.05) is 0 Å². The van der Waals surface area contributed by atoms with E-state index in [-0.39, 0.29) is 0 Å². The molecule has 0 saturated carbocycles. The number of para-hydroxylation sites is 1. The van der Waals surface area contributed by atoms with Gasteiger partial charge in [0.05, 0.1) is 5.52 Å². The third-order valence-corrected chi connectivity index (χ3v) is 2.47. The van der Waals surface area contributed by atoms with Crippen molar-refractivity contribution in [3.63, 3.8) is 0 Å².